The highest BCUT2D eigenvalue weighted by Crippen LogP contribution is 2.35. The van der Waals surface area contributed by atoms with Crippen LogP contribution in [0.25, 0.3) is 0 Å². The first-order valence-corrected chi connectivity index (χ1v) is 12.2. The Morgan fingerprint density at radius 3 is 2.38 bits per heavy atom. The summed E-state index contributed by atoms with van der Waals surface area (Å²) in [7, 11) is 0. The van der Waals surface area contributed by atoms with Gasteiger partial charge in [0.05, 0.1) is 21.9 Å². The van der Waals surface area contributed by atoms with Gasteiger partial charge in [-0.3, -0.25) is 9.69 Å². The van der Waals surface area contributed by atoms with Crippen molar-refractivity contribution in [3.8, 4) is 0 Å². The van der Waals surface area contributed by atoms with Crippen LogP contribution in [-0.4, -0.2) is 11.7 Å². The zero-order valence-electron chi connectivity index (χ0n) is 19.4. The molecule has 34 heavy (non-hydrogen) atoms. The molecule has 0 radical (unpaired) electrons. The highest BCUT2D eigenvalue weighted by atomic mass is 32.1. The van der Waals surface area contributed by atoms with Crippen molar-refractivity contribution in [3.05, 3.63) is 101 Å². The Balaban J connectivity index is 1.67. The molecule has 0 atom stereocenters. The van der Waals surface area contributed by atoms with E-state index in [4.69, 9.17) is 5.73 Å². The van der Waals surface area contributed by atoms with Gasteiger partial charge >= 0.3 is 0 Å². The van der Waals surface area contributed by atoms with Crippen LogP contribution in [0.2, 0.25) is 0 Å². The minimum Gasteiger partial charge on any atom is -0.383 e. The summed E-state index contributed by atoms with van der Waals surface area (Å²) in [5.74, 6) is 0.518. The molecule has 172 valence electrons. The molecule has 4 aromatic rings. The summed E-state index contributed by atoms with van der Waals surface area (Å²) in [6.45, 7) is 4.07. The van der Waals surface area contributed by atoms with Gasteiger partial charge in [-0.05, 0) is 73.3 Å². The van der Waals surface area contributed by atoms with Gasteiger partial charge in [-0.2, -0.15) is 0 Å². The van der Waals surface area contributed by atoms with Crippen molar-refractivity contribution in [2.45, 2.75) is 26.7 Å². The summed E-state index contributed by atoms with van der Waals surface area (Å²) in [6.07, 6.45) is 1.21. The molecule has 0 aliphatic carbocycles. The number of amidine groups is 1. The number of aryl methyl sites for hydroxylation is 1. The Kier molecular flexibility index (Phi) is 7.40. The van der Waals surface area contributed by atoms with Gasteiger partial charge in [0.2, 0.25) is 5.91 Å². The maximum absolute atomic E-state index is 13.3. The zero-order valence-corrected chi connectivity index (χ0v) is 20.2. The lowest BCUT2D eigenvalue weighted by atomic mass is 10.1. The quantitative estimate of drug-likeness (QED) is 0.210. The summed E-state index contributed by atoms with van der Waals surface area (Å²) in [4.78, 5) is 20.5. The van der Waals surface area contributed by atoms with Crippen LogP contribution in [0.4, 0.5) is 28.4 Å². The number of nitrogens with zero attached hydrogens (tertiary/aromatic N) is 2. The number of aliphatic imine (C=N–C) groups is 1. The fourth-order valence-electron chi connectivity index (χ4n) is 3.60. The van der Waals surface area contributed by atoms with Gasteiger partial charge in [0, 0.05) is 17.8 Å². The molecule has 1 aromatic heterocycles. The molecule has 0 aliphatic rings. The molecule has 0 bridgehead atoms. The average Bonchev–Trinajstić information content (AvgIpc) is 3.38. The molecule has 0 spiro atoms. The second-order valence-electron chi connectivity index (χ2n) is 7.98. The number of nitrogens with two attached hydrogens (primary N) is 1. The van der Waals surface area contributed by atoms with Crippen molar-refractivity contribution in [2.24, 2.45) is 10.7 Å². The van der Waals surface area contributed by atoms with Crippen LogP contribution >= 0.6 is 11.3 Å². The van der Waals surface area contributed by atoms with Crippen molar-refractivity contribution < 1.29 is 4.79 Å². The summed E-state index contributed by atoms with van der Waals surface area (Å²) < 4.78 is 0. The molecule has 0 unspecified atom stereocenters. The first-order chi connectivity index (χ1) is 16.5. The zero-order chi connectivity index (χ0) is 23.9. The van der Waals surface area contributed by atoms with Crippen LogP contribution in [0.1, 0.15) is 30.2 Å². The van der Waals surface area contributed by atoms with Gasteiger partial charge in [0.25, 0.3) is 0 Å². The molecule has 5 nitrogen and oxygen atoms in total. The normalized spacial score (nSPS) is 11.3. The Labute approximate surface area is 204 Å². The third-order valence-electron chi connectivity index (χ3n) is 5.32. The summed E-state index contributed by atoms with van der Waals surface area (Å²) in [5.41, 5.74) is 11.5. The number of carbonyl (C=O) groups is 1. The van der Waals surface area contributed by atoms with E-state index in [9.17, 15) is 4.79 Å². The Bertz CT molecular complexity index is 1260. The minimum absolute atomic E-state index is 0.0370. The summed E-state index contributed by atoms with van der Waals surface area (Å²) >= 11 is 1.55. The van der Waals surface area contributed by atoms with Crippen LogP contribution in [0, 0.1) is 6.92 Å². The van der Waals surface area contributed by atoms with Gasteiger partial charge in [-0.15, -0.1) is 11.3 Å². The number of thiophene rings is 1. The fourth-order valence-corrected chi connectivity index (χ4v) is 4.23. The van der Waals surface area contributed by atoms with Crippen molar-refractivity contribution in [3.63, 3.8) is 0 Å². The molecule has 3 N–H and O–H groups in total. The minimum atomic E-state index is 0.0370. The summed E-state index contributed by atoms with van der Waals surface area (Å²) in [5, 5.41) is 5.44. The number of anilines is 4. The molecular weight excluding hydrogens is 440 g/mol. The first kappa shape index (κ1) is 23.3. The van der Waals surface area contributed by atoms with Crippen molar-refractivity contribution in [1.29, 1.82) is 0 Å². The van der Waals surface area contributed by atoms with Gasteiger partial charge in [0.1, 0.15) is 5.84 Å². The Morgan fingerprint density at radius 2 is 1.71 bits per heavy atom. The number of benzene rings is 3. The topological polar surface area (TPSA) is 70.7 Å². The van der Waals surface area contributed by atoms with Crippen LogP contribution in [0.15, 0.2) is 95.3 Å². The third kappa shape index (κ3) is 5.53. The van der Waals surface area contributed by atoms with Crippen molar-refractivity contribution in [2.75, 3.05) is 10.2 Å². The Morgan fingerprint density at radius 1 is 0.971 bits per heavy atom. The molecule has 0 saturated carbocycles. The molecule has 0 aliphatic heterocycles. The van der Waals surface area contributed by atoms with E-state index in [1.807, 2.05) is 85.1 Å². The second kappa shape index (κ2) is 10.8. The van der Waals surface area contributed by atoms with Crippen LogP contribution in [0.5, 0.6) is 0 Å². The lowest BCUT2D eigenvalue weighted by molar-refractivity contribution is -0.117. The van der Waals surface area contributed by atoms with Gasteiger partial charge in [-0.25, -0.2) is 4.99 Å². The third-order valence-corrected chi connectivity index (χ3v) is 6.21. The first-order valence-electron chi connectivity index (χ1n) is 11.3. The van der Waals surface area contributed by atoms with E-state index in [2.05, 4.69) is 29.4 Å². The number of nitrogens with one attached hydrogen (secondary N) is 1. The highest BCUT2D eigenvalue weighted by molar-refractivity contribution is 7.12. The lowest BCUT2D eigenvalue weighted by Crippen LogP contribution is -2.26. The van der Waals surface area contributed by atoms with Gasteiger partial charge in [0.15, 0.2) is 0 Å². The number of para-hydroxylation sites is 2. The van der Waals surface area contributed by atoms with Crippen molar-refractivity contribution >= 4 is 51.5 Å². The van der Waals surface area contributed by atoms with E-state index in [0.717, 1.165) is 39.7 Å². The fraction of sp³-hybridized carbons (Fsp3) is 0.143. The molecule has 1 heterocycles. The van der Waals surface area contributed by atoms with Crippen molar-refractivity contribution in [1.82, 2.24) is 0 Å². The predicted molar refractivity (Wildman–Crippen MR) is 144 cm³/mol. The van der Waals surface area contributed by atoms with E-state index in [0.29, 0.717) is 12.3 Å². The van der Waals surface area contributed by atoms with E-state index in [1.54, 1.807) is 16.2 Å². The predicted octanol–water partition coefficient (Wildman–Crippen LogP) is 7.30. The average molecular weight is 469 g/mol. The molecule has 0 fully saturated rings. The van der Waals surface area contributed by atoms with E-state index in [-0.39, 0.29) is 5.91 Å². The van der Waals surface area contributed by atoms with E-state index in [1.165, 1.54) is 5.56 Å². The maximum Gasteiger partial charge on any atom is 0.231 e. The second-order valence-corrected chi connectivity index (χ2v) is 8.93. The van der Waals surface area contributed by atoms with Crippen LogP contribution in [0.3, 0.4) is 0 Å². The molecule has 1 amide bonds. The maximum atomic E-state index is 13.3. The highest BCUT2D eigenvalue weighted by Gasteiger charge is 2.20. The smallest absolute Gasteiger partial charge is 0.231 e. The molecule has 4 rings (SSSR count). The van der Waals surface area contributed by atoms with Gasteiger partial charge in [-0.1, -0.05) is 42.8 Å². The molecule has 6 heteroatoms. The summed E-state index contributed by atoms with van der Waals surface area (Å²) in [6, 6.07) is 27.6. The van der Waals surface area contributed by atoms with Crippen LogP contribution < -0.4 is 16.0 Å². The number of amides is 1. The standard InChI is InChI=1S/C28H28N4OS/c1-3-7-27(33)32(23-17-15-22(16-18-23)31-28(29)26-10-6-19-34-26)25-9-5-4-8-24(25)30-21-13-11-20(2)12-14-21/h4-6,8-19,30H,3,7H2,1-2H3,(H2,29,31). The number of hydrogen-bond donors (Lipinski definition) is 2. The Hall–Kier alpha value is -3.90. The van der Waals surface area contributed by atoms with E-state index < -0.39 is 0 Å². The van der Waals surface area contributed by atoms with E-state index >= 15 is 0 Å². The molecular formula is C28H28N4OS. The molecule has 3 aromatic carbocycles. The number of carbonyl (C=O) groups excluding carboxylic acids is 1. The van der Waals surface area contributed by atoms with Crippen LogP contribution in [-0.2, 0) is 4.79 Å². The SMILES string of the molecule is CCCC(=O)N(c1ccc(N=C(N)c2cccs2)cc1)c1ccccc1Nc1ccc(C)cc1. The number of hydrogen-bond acceptors (Lipinski definition) is 4. The van der Waals surface area contributed by atoms with Gasteiger partial charge < -0.3 is 11.1 Å². The molecule has 0 saturated heterocycles. The monoisotopic (exact) mass is 468 g/mol. The number of rotatable bonds is 8. The lowest BCUT2D eigenvalue weighted by Gasteiger charge is -2.26. The largest absolute Gasteiger partial charge is 0.383 e.